The Morgan fingerprint density at radius 3 is 2.50 bits per heavy atom. The minimum atomic E-state index is 0.295. The molecule has 114 valence electrons. The van der Waals surface area contributed by atoms with Gasteiger partial charge in [-0.1, -0.05) is 25.7 Å². The number of carbonyl (C=O) groups excluding carboxylic acids is 1. The molecule has 0 aromatic heterocycles. The summed E-state index contributed by atoms with van der Waals surface area (Å²) < 4.78 is 0. The third-order valence-corrected chi connectivity index (χ3v) is 6.09. The lowest BCUT2D eigenvalue weighted by atomic mass is 9.67. The zero-order valence-electron chi connectivity index (χ0n) is 12.9. The third-order valence-electron chi connectivity index (χ3n) is 6.09. The van der Waals surface area contributed by atoms with Crippen LogP contribution in [0.2, 0.25) is 0 Å². The average Bonchev–Trinajstić information content (AvgIpc) is 2.46. The van der Waals surface area contributed by atoms with Crippen molar-refractivity contribution in [2.24, 2.45) is 23.5 Å². The summed E-state index contributed by atoms with van der Waals surface area (Å²) in [4.78, 5) is 15.0. The first-order chi connectivity index (χ1) is 9.65. The molecule has 2 saturated carbocycles. The maximum absolute atomic E-state index is 12.8. The van der Waals surface area contributed by atoms with E-state index in [9.17, 15) is 4.79 Å². The Bertz CT molecular complexity index is 357. The molecule has 2 N–H and O–H groups in total. The van der Waals surface area contributed by atoms with Crippen molar-refractivity contribution in [2.45, 2.75) is 76.8 Å². The van der Waals surface area contributed by atoms with E-state index in [1.54, 1.807) is 0 Å². The molecule has 3 fully saturated rings. The van der Waals surface area contributed by atoms with E-state index in [0.29, 0.717) is 23.9 Å². The number of likely N-dealkylation sites (tertiary alicyclic amines) is 1. The van der Waals surface area contributed by atoms with E-state index in [-0.39, 0.29) is 0 Å². The van der Waals surface area contributed by atoms with Crippen LogP contribution in [0, 0.1) is 17.8 Å². The van der Waals surface area contributed by atoms with Gasteiger partial charge in [0.2, 0.25) is 5.91 Å². The molecule has 3 nitrogen and oxygen atoms in total. The molecular formula is C17H30N2O. The van der Waals surface area contributed by atoms with Crippen molar-refractivity contribution in [1.29, 1.82) is 0 Å². The topological polar surface area (TPSA) is 46.3 Å². The van der Waals surface area contributed by atoms with E-state index in [2.05, 4.69) is 11.8 Å². The van der Waals surface area contributed by atoms with Gasteiger partial charge in [0.25, 0.3) is 0 Å². The second kappa shape index (κ2) is 6.05. The van der Waals surface area contributed by atoms with E-state index in [1.807, 2.05) is 0 Å². The van der Waals surface area contributed by atoms with Crippen LogP contribution in [0.25, 0.3) is 0 Å². The highest BCUT2D eigenvalue weighted by atomic mass is 16.2. The Labute approximate surface area is 123 Å². The van der Waals surface area contributed by atoms with E-state index in [1.165, 1.54) is 38.5 Å². The van der Waals surface area contributed by atoms with Crippen molar-refractivity contribution < 1.29 is 4.79 Å². The van der Waals surface area contributed by atoms with Crippen LogP contribution in [0.1, 0.15) is 64.7 Å². The number of fused-ring (bicyclic) bond motifs is 1. The molecule has 20 heavy (non-hydrogen) atoms. The maximum Gasteiger partial charge on any atom is 0.225 e. The third kappa shape index (κ3) is 2.88. The molecule has 5 atom stereocenters. The molecule has 3 aliphatic rings. The molecule has 5 unspecified atom stereocenters. The van der Waals surface area contributed by atoms with Gasteiger partial charge in [-0.05, 0) is 50.9 Å². The van der Waals surface area contributed by atoms with Crippen LogP contribution < -0.4 is 5.73 Å². The number of nitrogens with two attached hydrogens (primary N) is 1. The van der Waals surface area contributed by atoms with Gasteiger partial charge in [-0.2, -0.15) is 0 Å². The van der Waals surface area contributed by atoms with Gasteiger partial charge >= 0.3 is 0 Å². The second-order valence-corrected chi connectivity index (χ2v) is 7.48. The van der Waals surface area contributed by atoms with Crippen molar-refractivity contribution in [3.8, 4) is 0 Å². The number of hydrogen-bond donors (Lipinski definition) is 1. The first-order valence-corrected chi connectivity index (χ1v) is 8.71. The number of carbonyl (C=O) groups is 1. The smallest absolute Gasteiger partial charge is 0.225 e. The number of hydrogen-bond acceptors (Lipinski definition) is 2. The summed E-state index contributed by atoms with van der Waals surface area (Å²) in [5.41, 5.74) is 6.02. The summed E-state index contributed by atoms with van der Waals surface area (Å²) in [7, 11) is 0. The van der Waals surface area contributed by atoms with Crippen molar-refractivity contribution in [3.63, 3.8) is 0 Å². The molecule has 1 amide bonds. The lowest BCUT2D eigenvalue weighted by molar-refractivity contribution is -0.141. The Morgan fingerprint density at radius 1 is 1.00 bits per heavy atom. The Balaban J connectivity index is 1.60. The monoisotopic (exact) mass is 278 g/mol. The van der Waals surface area contributed by atoms with Crippen LogP contribution in [-0.2, 0) is 4.79 Å². The van der Waals surface area contributed by atoms with E-state index in [0.717, 1.165) is 37.6 Å². The summed E-state index contributed by atoms with van der Waals surface area (Å²) in [6, 6.07) is 0.637. The second-order valence-electron chi connectivity index (χ2n) is 7.48. The van der Waals surface area contributed by atoms with E-state index in [4.69, 9.17) is 5.73 Å². The van der Waals surface area contributed by atoms with Crippen molar-refractivity contribution in [2.75, 3.05) is 6.54 Å². The first kappa shape index (κ1) is 14.4. The van der Waals surface area contributed by atoms with Crippen molar-refractivity contribution >= 4 is 5.91 Å². The van der Waals surface area contributed by atoms with Gasteiger partial charge in [0.1, 0.15) is 0 Å². The van der Waals surface area contributed by atoms with Crippen LogP contribution in [-0.4, -0.2) is 29.4 Å². The Kier molecular flexibility index (Phi) is 4.34. The molecule has 0 spiro atoms. The normalized spacial score (nSPS) is 42.1. The van der Waals surface area contributed by atoms with Crippen LogP contribution in [0.3, 0.4) is 0 Å². The molecular weight excluding hydrogens is 248 g/mol. The highest BCUT2D eigenvalue weighted by Gasteiger charge is 2.38. The zero-order chi connectivity index (χ0) is 14.1. The van der Waals surface area contributed by atoms with Gasteiger partial charge in [-0.15, -0.1) is 0 Å². The van der Waals surface area contributed by atoms with Crippen molar-refractivity contribution in [1.82, 2.24) is 4.90 Å². The largest absolute Gasteiger partial charge is 0.340 e. The first-order valence-electron chi connectivity index (χ1n) is 8.71. The van der Waals surface area contributed by atoms with Gasteiger partial charge in [0.15, 0.2) is 0 Å². The number of piperidine rings is 1. The van der Waals surface area contributed by atoms with Crippen molar-refractivity contribution in [3.05, 3.63) is 0 Å². The molecule has 1 heterocycles. The number of nitrogens with zero attached hydrogens (tertiary/aromatic N) is 1. The van der Waals surface area contributed by atoms with Gasteiger partial charge in [-0.3, -0.25) is 4.79 Å². The summed E-state index contributed by atoms with van der Waals surface area (Å²) in [5.74, 6) is 2.52. The molecule has 2 aliphatic carbocycles. The van der Waals surface area contributed by atoms with Gasteiger partial charge < -0.3 is 10.6 Å². The maximum atomic E-state index is 12.8. The van der Waals surface area contributed by atoms with E-state index < -0.39 is 0 Å². The SMILES string of the molecule is CC1CC(N)CCN1C(=O)C1CCC2CCCCC2C1. The molecule has 0 aromatic carbocycles. The molecule has 1 saturated heterocycles. The number of amides is 1. The predicted octanol–water partition coefficient (Wildman–Crippen LogP) is 2.93. The summed E-state index contributed by atoms with van der Waals surface area (Å²) >= 11 is 0. The quantitative estimate of drug-likeness (QED) is 0.801. The lowest BCUT2D eigenvalue weighted by Crippen LogP contribution is -2.51. The highest BCUT2D eigenvalue weighted by Crippen LogP contribution is 2.43. The van der Waals surface area contributed by atoms with Gasteiger partial charge in [-0.25, -0.2) is 0 Å². The molecule has 1 aliphatic heterocycles. The Hall–Kier alpha value is -0.570. The fraction of sp³-hybridized carbons (Fsp3) is 0.941. The van der Waals surface area contributed by atoms with Crippen LogP contribution >= 0.6 is 0 Å². The standard InChI is InChI=1S/C17H30N2O/c1-12-10-16(18)8-9-19(12)17(20)15-7-6-13-4-2-3-5-14(13)11-15/h12-16H,2-11,18H2,1H3. The Morgan fingerprint density at radius 2 is 1.75 bits per heavy atom. The van der Waals surface area contributed by atoms with Crippen LogP contribution in [0.15, 0.2) is 0 Å². The number of rotatable bonds is 1. The van der Waals surface area contributed by atoms with Crippen LogP contribution in [0.5, 0.6) is 0 Å². The molecule has 0 radical (unpaired) electrons. The van der Waals surface area contributed by atoms with Gasteiger partial charge in [0, 0.05) is 24.5 Å². The predicted molar refractivity (Wildman–Crippen MR) is 81.2 cm³/mol. The minimum Gasteiger partial charge on any atom is -0.340 e. The fourth-order valence-corrected chi connectivity index (χ4v) is 4.87. The zero-order valence-corrected chi connectivity index (χ0v) is 12.9. The lowest BCUT2D eigenvalue weighted by Gasteiger charge is -2.43. The molecule has 3 heteroatoms. The minimum absolute atomic E-state index is 0.295. The molecule has 0 bridgehead atoms. The van der Waals surface area contributed by atoms with Crippen LogP contribution in [0.4, 0.5) is 0 Å². The average molecular weight is 278 g/mol. The molecule has 3 rings (SSSR count). The summed E-state index contributed by atoms with van der Waals surface area (Å²) in [6.07, 6.45) is 11.1. The highest BCUT2D eigenvalue weighted by molar-refractivity contribution is 5.79. The summed E-state index contributed by atoms with van der Waals surface area (Å²) in [6.45, 7) is 3.05. The fourth-order valence-electron chi connectivity index (χ4n) is 4.87. The molecule has 0 aromatic rings. The summed E-state index contributed by atoms with van der Waals surface area (Å²) in [5, 5.41) is 0. The van der Waals surface area contributed by atoms with Gasteiger partial charge in [0.05, 0.1) is 0 Å². The van der Waals surface area contributed by atoms with E-state index >= 15 is 0 Å².